The first-order valence-electron chi connectivity index (χ1n) is 10.3. The van der Waals surface area contributed by atoms with Gasteiger partial charge in [-0.25, -0.2) is 9.38 Å². The third-order valence-electron chi connectivity index (χ3n) is 4.52. The molecule has 2 rings (SSSR count). The highest BCUT2D eigenvalue weighted by Gasteiger charge is 2.15. The molecule has 1 fully saturated rings. The molecular formula is C21H34FN3O3. The van der Waals surface area contributed by atoms with E-state index in [9.17, 15) is 4.39 Å². The molecule has 1 aliphatic heterocycles. The number of ether oxygens (including phenoxy) is 3. The summed E-state index contributed by atoms with van der Waals surface area (Å²) in [5, 5.41) is 6.53. The van der Waals surface area contributed by atoms with Gasteiger partial charge in [0.15, 0.2) is 17.5 Å². The molecule has 1 saturated heterocycles. The molecule has 2 N–H and O–H groups in total. The zero-order valence-electron chi connectivity index (χ0n) is 17.1. The Bertz CT molecular complexity index is 580. The van der Waals surface area contributed by atoms with Crippen LogP contribution in [-0.4, -0.2) is 58.1 Å². The Labute approximate surface area is 167 Å². The second kappa shape index (κ2) is 13.3. The van der Waals surface area contributed by atoms with Crippen molar-refractivity contribution >= 4 is 5.96 Å². The molecule has 0 bridgehead atoms. The van der Waals surface area contributed by atoms with Crippen LogP contribution in [-0.2, 0) is 9.47 Å². The number of aliphatic imine (C=N–C) groups is 1. The summed E-state index contributed by atoms with van der Waals surface area (Å²) in [5.74, 6) is 1.21. The number of nitrogens with zero attached hydrogens (tertiary/aromatic N) is 1. The summed E-state index contributed by atoms with van der Waals surface area (Å²) in [6.45, 7) is 9.22. The van der Waals surface area contributed by atoms with Gasteiger partial charge in [0.25, 0.3) is 0 Å². The van der Waals surface area contributed by atoms with Crippen LogP contribution >= 0.6 is 0 Å². The molecule has 0 saturated carbocycles. The summed E-state index contributed by atoms with van der Waals surface area (Å²) in [5.41, 5.74) is 0. The minimum absolute atomic E-state index is 0.177. The third-order valence-corrected chi connectivity index (χ3v) is 4.52. The van der Waals surface area contributed by atoms with Crippen molar-refractivity contribution in [1.82, 2.24) is 10.6 Å². The summed E-state index contributed by atoms with van der Waals surface area (Å²) >= 11 is 0. The van der Waals surface area contributed by atoms with Crippen LogP contribution in [0.1, 0.15) is 33.1 Å². The van der Waals surface area contributed by atoms with E-state index in [0.717, 1.165) is 64.7 Å². The molecule has 0 amide bonds. The van der Waals surface area contributed by atoms with Crippen molar-refractivity contribution in [3.63, 3.8) is 0 Å². The minimum Gasteiger partial charge on any atom is -0.485 e. The van der Waals surface area contributed by atoms with Gasteiger partial charge in [-0.1, -0.05) is 19.1 Å². The number of rotatable bonds is 12. The summed E-state index contributed by atoms with van der Waals surface area (Å²) in [7, 11) is 0. The lowest BCUT2D eigenvalue weighted by Crippen LogP contribution is -2.39. The number of benzene rings is 1. The van der Waals surface area contributed by atoms with Crippen LogP contribution in [0.5, 0.6) is 5.75 Å². The first-order chi connectivity index (χ1) is 13.7. The van der Waals surface area contributed by atoms with Crippen molar-refractivity contribution in [3.05, 3.63) is 30.1 Å². The predicted octanol–water partition coefficient (Wildman–Crippen LogP) is 2.98. The van der Waals surface area contributed by atoms with Gasteiger partial charge >= 0.3 is 0 Å². The Morgan fingerprint density at radius 1 is 1.32 bits per heavy atom. The molecule has 0 aliphatic carbocycles. The molecule has 1 aromatic rings. The fourth-order valence-electron chi connectivity index (χ4n) is 2.85. The molecule has 0 spiro atoms. The van der Waals surface area contributed by atoms with Crippen molar-refractivity contribution in [2.24, 2.45) is 10.9 Å². The van der Waals surface area contributed by atoms with E-state index in [0.29, 0.717) is 12.5 Å². The molecule has 2 atom stereocenters. The fraction of sp³-hybridized carbons (Fsp3) is 0.667. The number of halogens is 1. The number of para-hydroxylation sites is 1. The standard InChI is InChI=1S/C21H34FN3O3/c1-3-18(28-20-9-6-5-8-19(20)22)14-25-21(23-4-2)24-11-7-12-26-15-17-10-13-27-16-17/h5-6,8-9,17-18H,3-4,7,10-16H2,1-2H3,(H2,23,24,25). The molecule has 1 aliphatic rings. The molecule has 158 valence electrons. The molecule has 1 aromatic carbocycles. The van der Waals surface area contributed by atoms with Gasteiger partial charge in [-0.05, 0) is 38.3 Å². The van der Waals surface area contributed by atoms with Crippen LogP contribution < -0.4 is 15.4 Å². The normalized spacial score (nSPS) is 18.1. The first-order valence-corrected chi connectivity index (χ1v) is 10.3. The van der Waals surface area contributed by atoms with Gasteiger partial charge in [0.2, 0.25) is 0 Å². The average Bonchev–Trinajstić information content (AvgIpc) is 3.22. The third kappa shape index (κ3) is 8.44. The monoisotopic (exact) mass is 395 g/mol. The number of hydrogen-bond acceptors (Lipinski definition) is 4. The van der Waals surface area contributed by atoms with E-state index in [1.54, 1.807) is 18.2 Å². The zero-order chi connectivity index (χ0) is 20.0. The van der Waals surface area contributed by atoms with Crippen LogP contribution in [0.15, 0.2) is 29.3 Å². The van der Waals surface area contributed by atoms with Crippen molar-refractivity contribution in [1.29, 1.82) is 0 Å². The maximum Gasteiger partial charge on any atom is 0.191 e. The van der Waals surface area contributed by atoms with Crippen LogP contribution in [0.2, 0.25) is 0 Å². The van der Waals surface area contributed by atoms with Gasteiger partial charge in [-0.3, -0.25) is 0 Å². The van der Waals surface area contributed by atoms with Crippen LogP contribution in [0, 0.1) is 11.7 Å². The van der Waals surface area contributed by atoms with E-state index in [2.05, 4.69) is 15.6 Å². The fourth-order valence-corrected chi connectivity index (χ4v) is 2.85. The highest BCUT2D eigenvalue weighted by Crippen LogP contribution is 2.18. The van der Waals surface area contributed by atoms with Crippen molar-refractivity contribution in [2.75, 3.05) is 46.1 Å². The quantitative estimate of drug-likeness (QED) is 0.324. The van der Waals surface area contributed by atoms with E-state index >= 15 is 0 Å². The molecule has 7 heteroatoms. The molecule has 6 nitrogen and oxygen atoms in total. The van der Waals surface area contributed by atoms with E-state index in [-0.39, 0.29) is 17.7 Å². The van der Waals surface area contributed by atoms with E-state index < -0.39 is 0 Å². The predicted molar refractivity (Wildman–Crippen MR) is 109 cm³/mol. The lowest BCUT2D eigenvalue weighted by Gasteiger charge is -2.17. The molecule has 0 aromatic heterocycles. The van der Waals surface area contributed by atoms with Gasteiger partial charge in [0, 0.05) is 32.2 Å². The highest BCUT2D eigenvalue weighted by molar-refractivity contribution is 5.79. The van der Waals surface area contributed by atoms with Gasteiger partial charge in [-0.2, -0.15) is 0 Å². The lowest BCUT2D eigenvalue weighted by atomic mass is 10.1. The summed E-state index contributed by atoms with van der Waals surface area (Å²) in [4.78, 5) is 4.58. The van der Waals surface area contributed by atoms with Crippen molar-refractivity contribution in [2.45, 2.75) is 39.2 Å². The Kier molecular flexibility index (Phi) is 10.7. The van der Waals surface area contributed by atoms with Gasteiger partial charge in [0.1, 0.15) is 6.10 Å². The minimum atomic E-state index is -0.348. The lowest BCUT2D eigenvalue weighted by molar-refractivity contribution is 0.0888. The molecule has 28 heavy (non-hydrogen) atoms. The molecule has 2 unspecified atom stereocenters. The second-order valence-corrected chi connectivity index (χ2v) is 6.88. The SMILES string of the molecule is CCNC(=NCC(CC)Oc1ccccc1F)NCCCOCC1CCOC1. The molecular weight excluding hydrogens is 361 g/mol. The van der Waals surface area contributed by atoms with E-state index in [1.165, 1.54) is 6.07 Å². The Balaban J connectivity index is 1.69. The largest absolute Gasteiger partial charge is 0.485 e. The number of nitrogens with one attached hydrogen (secondary N) is 2. The average molecular weight is 396 g/mol. The van der Waals surface area contributed by atoms with Gasteiger partial charge in [-0.15, -0.1) is 0 Å². The Morgan fingerprint density at radius 3 is 2.89 bits per heavy atom. The van der Waals surface area contributed by atoms with E-state index in [4.69, 9.17) is 14.2 Å². The molecule has 0 radical (unpaired) electrons. The number of hydrogen-bond donors (Lipinski definition) is 2. The van der Waals surface area contributed by atoms with Crippen molar-refractivity contribution in [3.8, 4) is 5.75 Å². The van der Waals surface area contributed by atoms with Crippen LogP contribution in [0.3, 0.4) is 0 Å². The first kappa shape index (κ1) is 22.4. The van der Waals surface area contributed by atoms with Gasteiger partial charge in [0.05, 0.1) is 19.8 Å². The van der Waals surface area contributed by atoms with Crippen molar-refractivity contribution < 1.29 is 18.6 Å². The number of guanidine groups is 1. The van der Waals surface area contributed by atoms with Gasteiger partial charge < -0.3 is 24.8 Å². The highest BCUT2D eigenvalue weighted by atomic mass is 19.1. The Morgan fingerprint density at radius 2 is 2.18 bits per heavy atom. The summed E-state index contributed by atoms with van der Waals surface area (Å²) in [6, 6.07) is 6.46. The maximum absolute atomic E-state index is 13.8. The topological polar surface area (TPSA) is 64.1 Å². The van der Waals surface area contributed by atoms with Crippen LogP contribution in [0.25, 0.3) is 0 Å². The summed E-state index contributed by atoms with van der Waals surface area (Å²) < 4.78 is 30.6. The maximum atomic E-state index is 13.8. The second-order valence-electron chi connectivity index (χ2n) is 6.88. The summed E-state index contributed by atoms with van der Waals surface area (Å²) in [6.07, 6.45) is 2.57. The smallest absolute Gasteiger partial charge is 0.191 e. The van der Waals surface area contributed by atoms with E-state index in [1.807, 2.05) is 13.8 Å². The zero-order valence-corrected chi connectivity index (χ0v) is 17.1. The molecule has 1 heterocycles. The van der Waals surface area contributed by atoms with Crippen LogP contribution in [0.4, 0.5) is 4.39 Å². The Hall–Kier alpha value is -1.86.